The molecule has 5 heteroatoms. The van der Waals surface area contributed by atoms with Gasteiger partial charge in [-0.25, -0.2) is 4.39 Å². The number of hydrogen-bond donors (Lipinski definition) is 0. The van der Waals surface area contributed by atoms with Crippen molar-refractivity contribution in [2.24, 2.45) is 0 Å². The lowest BCUT2D eigenvalue weighted by Gasteiger charge is -1.95. The summed E-state index contributed by atoms with van der Waals surface area (Å²) in [7, 11) is 0. The lowest BCUT2D eigenvalue weighted by Crippen LogP contribution is -1.94. The van der Waals surface area contributed by atoms with Crippen LogP contribution in [0.4, 0.5) is 4.39 Å². The van der Waals surface area contributed by atoms with Gasteiger partial charge in [-0.05, 0) is 30.0 Å². The predicted molar refractivity (Wildman–Crippen MR) is 44.1 cm³/mol. The Morgan fingerprint density at radius 1 is 1.58 bits per heavy atom. The number of nitrogens with zero attached hydrogens (tertiary/aromatic N) is 1. The van der Waals surface area contributed by atoms with E-state index >= 15 is 0 Å². The summed E-state index contributed by atoms with van der Waals surface area (Å²) in [6, 6.07) is 5.74. The van der Waals surface area contributed by atoms with Crippen molar-refractivity contribution in [1.29, 1.82) is 0 Å². The molecule has 0 aliphatic rings. The van der Waals surface area contributed by atoms with Crippen LogP contribution in [-0.4, -0.2) is 10.8 Å². The number of benzene rings is 1. The van der Waals surface area contributed by atoms with Gasteiger partial charge in [-0.2, -0.15) is 0 Å². The molecule has 64 valence electrons. The second-order valence-electron chi connectivity index (χ2n) is 2.06. The van der Waals surface area contributed by atoms with E-state index in [1.165, 1.54) is 18.2 Å². The molecule has 0 amide bonds. The maximum atomic E-state index is 12.5. The van der Waals surface area contributed by atoms with E-state index in [0.29, 0.717) is 4.90 Å². The van der Waals surface area contributed by atoms with Crippen molar-refractivity contribution < 1.29 is 9.31 Å². The van der Waals surface area contributed by atoms with Gasteiger partial charge in [-0.15, -0.1) is 0 Å². The monoisotopic (exact) mass is 187 g/mol. The maximum absolute atomic E-state index is 12.5. The fourth-order valence-electron chi connectivity index (χ4n) is 0.684. The van der Waals surface area contributed by atoms with Crippen LogP contribution in [0.15, 0.2) is 29.2 Å². The van der Waals surface area contributed by atoms with Gasteiger partial charge in [0.2, 0.25) is 0 Å². The van der Waals surface area contributed by atoms with Crippen molar-refractivity contribution in [2.45, 2.75) is 4.90 Å². The molecule has 1 aromatic carbocycles. The minimum Gasteiger partial charge on any atom is -0.264 e. The molecule has 0 saturated heterocycles. The summed E-state index contributed by atoms with van der Waals surface area (Å²) in [5, 5.41) is 9.95. The van der Waals surface area contributed by atoms with Gasteiger partial charge in [0.15, 0.2) is 0 Å². The van der Waals surface area contributed by atoms with E-state index in [2.05, 4.69) is 0 Å². The molecule has 12 heavy (non-hydrogen) atoms. The normalized spacial score (nSPS) is 9.75. The van der Waals surface area contributed by atoms with E-state index < -0.39 is 4.92 Å². The van der Waals surface area contributed by atoms with E-state index in [0.717, 1.165) is 11.8 Å². The highest BCUT2D eigenvalue weighted by molar-refractivity contribution is 7.99. The molecule has 0 aliphatic heterocycles. The molecule has 0 bridgehead atoms. The molecular weight excluding hydrogens is 181 g/mol. The first-order valence-electron chi connectivity index (χ1n) is 3.18. The Labute approximate surface area is 72.7 Å². The highest BCUT2D eigenvalue weighted by Gasteiger charge is 2.00. The Kier molecular flexibility index (Phi) is 3.04. The molecule has 3 nitrogen and oxygen atoms in total. The maximum Gasteiger partial charge on any atom is 0.253 e. The second kappa shape index (κ2) is 4.06. The summed E-state index contributed by atoms with van der Waals surface area (Å²) in [5.74, 6) is -0.605. The van der Waals surface area contributed by atoms with E-state index in [1.807, 2.05) is 0 Å². The summed E-state index contributed by atoms with van der Waals surface area (Å²) in [4.78, 5) is 10.1. The zero-order chi connectivity index (χ0) is 8.97. The fourth-order valence-corrected chi connectivity index (χ4v) is 1.31. The molecular formula is C7H6FNO2S. The van der Waals surface area contributed by atoms with Gasteiger partial charge in [-0.1, -0.05) is 6.07 Å². The average molecular weight is 187 g/mol. The Morgan fingerprint density at radius 2 is 2.33 bits per heavy atom. The van der Waals surface area contributed by atoms with Crippen LogP contribution in [-0.2, 0) is 0 Å². The molecule has 1 rings (SSSR count). The molecule has 0 atom stereocenters. The van der Waals surface area contributed by atoms with Crippen LogP contribution in [0.1, 0.15) is 0 Å². The van der Waals surface area contributed by atoms with Gasteiger partial charge in [0.1, 0.15) is 5.82 Å². The van der Waals surface area contributed by atoms with Crippen molar-refractivity contribution in [2.75, 3.05) is 5.88 Å². The Balaban J connectivity index is 2.57. The van der Waals surface area contributed by atoms with E-state index in [-0.39, 0.29) is 11.7 Å². The van der Waals surface area contributed by atoms with Crippen LogP contribution in [0.3, 0.4) is 0 Å². The van der Waals surface area contributed by atoms with Crippen LogP contribution >= 0.6 is 11.8 Å². The fraction of sp³-hybridized carbons (Fsp3) is 0.143. The smallest absolute Gasteiger partial charge is 0.253 e. The van der Waals surface area contributed by atoms with E-state index in [1.54, 1.807) is 6.07 Å². The third-order valence-corrected chi connectivity index (χ3v) is 2.06. The van der Waals surface area contributed by atoms with Crippen molar-refractivity contribution in [3.8, 4) is 0 Å². The summed E-state index contributed by atoms with van der Waals surface area (Å²) >= 11 is 1.00. The number of halogens is 1. The quantitative estimate of drug-likeness (QED) is 0.315. The number of nitro groups is 1. The molecule has 0 aliphatic carbocycles. The van der Waals surface area contributed by atoms with Crippen molar-refractivity contribution in [3.05, 3.63) is 40.2 Å². The van der Waals surface area contributed by atoms with Gasteiger partial charge in [-0.3, -0.25) is 10.1 Å². The highest BCUT2D eigenvalue weighted by atomic mass is 32.2. The first kappa shape index (κ1) is 8.99. The largest absolute Gasteiger partial charge is 0.264 e. The highest BCUT2D eigenvalue weighted by Crippen LogP contribution is 2.17. The lowest BCUT2D eigenvalue weighted by molar-refractivity contribution is -0.456. The first-order valence-corrected chi connectivity index (χ1v) is 4.17. The zero-order valence-corrected chi connectivity index (χ0v) is 6.88. The summed E-state index contributed by atoms with van der Waals surface area (Å²) in [6.07, 6.45) is 0. The Hall–Kier alpha value is -1.10. The molecule has 0 unspecified atom stereocenters. The third kappa shape index (κ3) is 2.87. The molecule has 0 aromatic heterocycles. The number of hydrogen-bond acceptors (Lipinski definition) is 3. The zero-order valence-electron chi connectivity index (χ0n) is 6.07. The van der Waals surface area contributed by atoms with Gasteiger partial charge in [0, 0.05) is 9.82 Å². The van der Waals surface area contributed by atoms with Crippen LogP contribution in [0.5, 0.6) is 0 Å². The Morgan fingerprint density at radius 3 is 2.92 bits per heavy atom. The summed E-state index contributed by atoms with van der Waals surface area (Å²) < 4.78 is 12.5. The standard InChI is InChI=1S/C7H6FNO2S/c8-6-2-1-3-7(4-6)12-5-9(10)11/h1-4H,5H2. The number of thioether (sulfide) groups is 1. The van der Waals surface area contributed by atoms with Gasteiger partial charge >= 0.3 is 0 Å². The number of rotatable bonds is 3. The molecule has 0 spiro atoms. The van der Waals surface area contributed by atoms with Crippen LogP contribution in [0.2, 0.25) is 0 Å². The van der Waals surface area contributed by atoms with Gasteiger partial charge < -0.3 is 0 Å². The first-order chi connectivity index (χ1) is 5.68. The summed E-state index contributed by atoms with van der Waals surface area (Å²) in [6.45, 7) is 0. The summed E-state index contributed by atoms with van der Waals surface area (Å²) in [5.41, 5.74) is 0. The van der Waals surface area contributed by atoms with Crippen LogP contribution in [0, 0.1) is 15.9 Å². The SMILES string of the molecule is O=[N+]([O-])CSc1cccc(F)c1. The molecule has 0 saturated carbocycles. The molecule has 0 fully saturated rings. The van der Waals surface area contributed by atoms with Crippen LogP contribution in [0.25, 0.3) is 0 Å². The molecule has 0 heterocycles. The van der Waals surface area contributed by atoms with E-state index in [4.69, 9.17) is 0 Å². The van der Waals surface area contributed by atoms with Crippen molar-refractivity contribution in [1.82, 2.24) is 0 Å². The molecule has 0 radical (unpaired) electrons. The Bertz CT molecular complexity index is 292. The van der Waals surface area contributed by atoms with Gasteiger partial charge in [0.25, 0.3) is 5.88 Å². The predicted octanol–water partition coefficient (Wildman–Crippen LogP) is 2.15. The molecule has 1 aromatic rings. The topological polar surface area (TPSA) is 43.1 Å². The van der Waals surface area contributed by atoms with Crippen molar-refractivity contribution >= 4 is 11.8 Å². The van der Waals surface area contributed by atoms with Crippen LogP contribution < -0.4 is 0 Å². The molecule has 0 N–H and O–H groups in total. The lowest BCUT2D eigenvalue weighted by atomic mass is 10.4. The van der Waals surface area contributed by atoms with Gasteiger partial charge in [0.05, 0.1) is 0 Å². The minimum absolute atomic E-state index is 0.233. The van der Waals surface area contributed by atoms with Crippen molar-refractivity contribution in [3.63, 3.8) is 0 Å². The average Bonchev–Trinajstić information content (AvgIpc) is 2.01. The minimum atomic E-state index is -0.449. The van der Waals surface area contributed by atoms with E-state index in [9.17, 15) is 14.5 Å². The second-order valence-corrected chi connectivity index (χ2v) is 3.08. The third-order valence-electron chi connectivity index (χ3n) is 1.13.